The SMILES string of the molecule is C=C(CCCCC(CCCCCCCCC)CC(=C)C1CCN(C)CC1)CC(CCCC)CCCCCC. The molecule has 0 radical (unpaired) electrons. The maximum absolute atomic E-state index is 4.64. The predicted octanol–water partition coefficient (Wildman–Crippen LogP) is 12.3. The third-order valence-corrected chi connectivity index (χ3v) is 9.46. The van der Waals surface area contributed by atoms with Crippen molar-refractivity contribution in [3.8, 4) is 0 Å². The van der Waals surface area contributed by atoms with Gasteiger partial charge in [0.25, 0.3) is 0 Å². The van der Waals surface area contributed by atoms with Crippen molar-refractivity contribution in [2.45, 2.75) is 175 Å². The molecule has 1 heterocycles. The van der Waals surface area contributed by atoms with Crippen LogP contribution in [0.5, 0.6) is 0 Å². The Labute approximate surface area is 241 Å². The standard InChI is InChI=1S/C37H71N/c1-7-10-13-15-16-17-19-25-36(32-34(5)37-27-29-38(6)30-28-37)26-21-20-22-33(4)31-35(23-12-9-3)24-18-14-11-8-2/h35-37H,4-5,7-32H2,1-3,6H3. The molecule has 0 aromatic carbocycles. The number of nitrogens with zero attached hydrogens (tertiary/aromatic N) is 1. The van der Waals surface area contributed by atoms with Crippen LogP contribution in [0.25, 0.3) is 0 Å². The quantitative estimate of drug-likeness (QED) is 0.0795. The van der Waals surface area contributed by atoms with Crippen LogP contribution >= 0.6 is 0 Å². The Bertz CT molecular complexity index is 555. The zero-order valence-corrected chi connectivity index (χ0v) is 27.0. The monoisotopic (exact) mass is 530 g/mol. The molecule has 0 N–H and O–H groups in total. The Hall–Kier alpha value is -0.560. The van der Waals surface area contributed by atoms with E-state index in [0.717, 1.165) is 17.8 Å². The van der Waals surface area contributed by atoms with Crippen molar-refractivity contribution in [3.63, 3.8) is 0 Å². The lowest BCUT2D eigenvalue weighted by molar-refractivity contribution is 0.232. The summed E-state index contributed by atoms with van der Waals surface area (Å²) in [4.78, 5) is 2.49. The fourth-order valence-electron chi connectivity index (χ4n) is 6.71. The van der Waals surface area contributed by atoms with Gasteiger partial charge in [0.05, 0.1) is 0 Å². The normalized spacial score (nSPS) is 16.5. The van der Waals surface area contributed by atoms with E-state index in [2.05, 4.69) is 45.9 Å². The Morgan fingerprint density at radius 3 is 1.63 bits per heavy atom. The molecule has 0 aromatic rings. The van der Waals surface area contributed by atoms with Gasteiger partial charge in [0, 0.05) is 0 Å². The molecule has 2 atom stereocenters. The van der Waals surface area contributed by atoms with Gasteiger partial charge in [-0.3, -0.25) is 0 Å². The highest BCUT2D eigenvalue weighted by Gasteiger charge is 2.21. The zero-order valence-electron chi connectivity index (χ0n) is 27.0. The first-order valence-electron chi connectivity index (χ1n) is 17.5. The number of piperidine rings is 1. The molecule has 38 heavy (non-hydrogen) atoms. The summed E-state index contributed by atoms with van der Waals surface area (Å²) in [6, 6.07) is 0. The van der Waals surface area contributed by atoms with Crippen LogP contribution in [0, 0.1) is 17.8 Å². The van der Waals surface area contributed by atoms with Gasteiger partial charge in [-0.2, -0.15) is 0 Å². The molecule has 0 amide bonds. The average Bonchev–Trinajstić information content (AvgIpc) is 2.91. The van der Waals surface area contributed by atoms with Crippen molar-refractivity contribution in [3.05, 3.63) is 24.3 Å². The second-order valence-electron chi connectivity index (χ2n) is 13.3. The van der Waals surface area contributed by atoms with Crippen LogP contribution in [-0.2, 0) is 0 Å². The maximum atomic E-state index is 4.64. The fourth-order valence-corrected chi connectivity index (χ4v) is 6.71. The van der Waals surface area contributed by atoms with E-state index in [-0.39, 0.29) is 0 Å². The summed E-state index contributed by atoms with van der Waals surface area (Å²) in [5.74, 6) is 2.53. The Morgan fingerprint density at radius 2 is 1.05 bits per heavy atom. The molecule has 1 heteroatoms. The van der Waals surface area contributed by atoms with E-state index in [1.165, 1.54) is 167 Å². The minimum atomic E-state index is 0.778. The maximum Gasteiger partial charge on any atom is -0.00161 e. The van der Waals surface area contributed by atoms with Crippen molar-refractivity contribution < 1.29 is 0 Å². The summed E-state index contributed by atoms with van der Waals surface area (Å²) in [6.45, 7) is 18.7. The largest absolute Gasteiger partial charge is 0.306 e. The molecule has 0 bridgehead atoms. The van der Waals surface area contributed by atoms with Crippen molar-refractivity contribution in [1.29, 1.82) is 0 Å². The summed E-state index contributed by atoms with van der Waals surface area (Å²) in [5, 5.41) is 0. The third-order valence-electron chi connectivity index (χ3n) is 9.46. The molecule has 1 fully saturated rings. The summed E-state index contributed by atoms with van der Waals surface area (Å²) in [5.41, 5.74) is 3.12. The van der Waals surface area contributed by atoms with E-state index >= 15 is 0 Å². The van der Waals surface area contributed by atoms with Gasteiger partial charge < -0.3 is 4.90 Å². The minimum absolute atomic E-state index is 0.778. The summed E-state index contributed by atoms with van der Waals surface area (Å²) in [6.07, 6.45) is 33.2. The minimum Gasteiger partial charge on any atom is -0.306 e. The zero-order chi connectivity index (χ0) is 27.8. The second-order valence-corrected chi connectivity index (χ2v) is 13.3. The molecule has 0 spiro atoms. The van der Waals surface area contributed by atoms with Crippen LogP contribution in [0.4, 0.5) is 0 Å². The fraction of sp³-hybridized carbons (Fsp3) is 0.892. The highest BCUT2D eigenvalue weighted by atomic mass is 15.1. The number of hydrogen-bond acceptors (Lipinski definition) is 1. The van der Waals surface area contributed by atoms with Gasteiger partial charge in [-0.15, -0.1) is 0 Å². The van der Waals surface area contributed by atoms with Crippen molar-refractivity contribution in [2.75, 3.05) is 20.1 Å². The Balaban J connectivity index is 2.42. The first kappa shape index (κ1) is 35.5. The highest BCUT2D eigenvalue weighted by Crippen LogP contribution is 2.32. The second kappa shape index (κ2) is 24.3. The van der Waals surface area contributed by atoms with Crippen LogP contribution in [-0.4, -0.2) is 25.0 Å². The number of hydrogen-bond donors (Lipinski definition) is 0. The van der Waals surface area contributed by atoms with E-state index in [0.29, 0.717) is 0 Å². The molecule has 224 valence electrons. The van der Waals surface area contributed by atoms with Crippen molar-refractivity contribution in [2.24, 2.45) is 17.8 Å². The van der Waals surface area contributed by atoms with Gasteiger partial charge in [0.15, 0.2) is 0 Å². The number of unbranched alkanes of at least 4 members (excludes halogenated alkanes) is 11. The van der Waals surface area contributed by atoms with Crippen molar-refractivity contribution in [1.82, 2.24) is 4.90 Å². The van der Waals surface area contributed by atoms with Crippen LogP contribution in [0.2, 0.25) is 0 Å². The van der Waals surface area contributed by atoms with E-state index in [1.54, 1.807) is 11.1 Å². The molecular weight excluding hydrogens is 458 g/mol. The molecular formula is C37H71N. The van der Waals surface area contributed by atoms with Gasteiger partial charge in [-0.1, -0.05) is 161 Å². The van der Waals surface area contributed by atoms with E-state index in [9.17, 15) is 0 Å². The van der Waals surface area contributed by atoms with Crippen LogP contribution in [0.15, 0.2) is 24.3 Å². The van der Waals surface area contributed by atoms with Gasteiger partial charge in [0.2, 0.25) is 0 Å². The molecule has 0 saturated carbocycles. The van der Waals surface area contributed by atoms with E-state index < -0.39 is 0 Å². The van der Waals surface area contributed by atoms with Crippen LogP contribution in [0.1, 0.15) is 175 Å². The molecule has 2 unspecified atom stereocenters. The number of allylic oxidation sites excluding steroid dienone is 2. The lowest BCUT2D eigenvalue weighted by Gasteiger charge is -2.31. The van der Waals surface area contributed by atoms with Crippen LogP contribution in [0.3, 0.4) is 0 Å². The predicted molar refractivity (Wildman–Crippen MR) is 174 cm³/mol. The van der Waals surface area contributed by atoms with Crippen molar-refractivity contribution >= 4 is 0 Å². The molecule has 0 aromatic heterocycles. The average molecular weight is 530 g/mol. The highest BCUT2D eigenvalue weighted by molar-refractivity contribution is 5.04. The Kier molecular flexibility index (Phi) is 22.6. The first-order chi connectivity index (χ1) is 18.5. The number of likely N-dealkylation sites (tertiary alicyclic amines) is 1. The Morgan fingerprint density at radius 1 is 0.605 bits per heavy atom. The molecule has 1 aliphatic heterocycles. The van der Waals surface area contributed by atoms with E-state index in [4.69, 9.17) is 0 Å². The topological polar surface area (TPSA) is 3.24 Å². The molecule has 0 aliphatic carbocycles. The molecule has 1 nitrogen and oxygen atoms in total. The summed E-state index contributed by atoms with van der Waals surface area (Å²) >= 11 is 0. The van der Waals surface area contributed by atoms with E-state index in [1.807, 2.05) is 0 Å². The molecule has 1 saturated heterocycles. The van der Waals surface area contributed by atoms with Gasteiger partial charge in [-0.25, -0.2) is 0 Å². The van der Waals surface area contributed by atoms with Gasteiger partial charge in [-0.05, 0) is 76.4 Å². The lowest BCUT2D eigenvalue weighted by Crippen LogP contribution is -2.31. The van der Waals surface area contributed by atoms with Gasteiger partial charge >= 0.3 is 0 Å². The number of rotatable bonds is 26. The summed E-state index contributed by atoms with van der Waals surface area (Å²) in [7, 11) is 2.27. The lowest BCUT2D eigenvalue weighted by atomic mass is 9.81. The first-order valence-corrected chi connectivity index (χ1v) is 17.5. The smallest absolute Gasteiger partial charge is 0.00161 e. The molecule has 1 aliphatic rings. The van der Waals surface area contributed by atoms with Crippen LogP contribution < -0.4 is 0 Å². The third kappa shape index (κ3) is 18.7. The van der Waals surface area contributed by atoms with Gasteiger partial charge in [0.1, 0.15) is 0 Å². The summed E-state index contributed by atoms with van der Waals surface area (Å²) < 4.78 is 0. The molecule has 1 rings (SSSR count).